The highest BCUT2D eigenvalue weighted by Gasteiger charge is 2.14. The second kappa shape index (κ2) is 10.1. The lowest BCUT2D eigenvalue weighted by molar-refractivity contribution is -0.142. The summed E-state index contributed by atoms with van der Waals surface area (Å²) in [6.45, 7) is 5.74. The molecule has 0 fully saturated rings. The van der Waals surface area contributed by atoms with E-state index >= 15 is 0 Å². The van der Waals surface area contributed by atoms with Crippen molar-refractivity contribution in [3.8, 4) is 11.5 Å². The highest BCUT2D eigenvalue weighted by molar-refractivity contribution is 5.77. The molecule has 6 heteroatoms. The molecule has 1 unspecified atom stereocenters. The Bertz CT molecular complexity index is 418. The van der Waals surface area contributed by atoms with E-state index in [9.17, 15) is 4.79 Å². The molecule has 0 saturated heterocycles. The molecule has 0 aromatic heterocycles. The van der Waals surface area contributed by atoms with Crippen molar-refractivity contribution in [2.24, 2.45) is 0 Å². The van der Waals surface area contributed by atoms with Gasteiger partial charge in [0.15, 0.2) is 11.5 Å². The van der Waals surface area contributed by atoms with Gasteiger partial charge in [-0.1, -0.05) is 12.1 Å². The average molecular weight is 298 g/mol. The number of carbonyl (C=O) groups excluding carboxylic acids is 1. The van der Waals surface area contributed by atoms with Crippen LogP contribution in [0.4, 0.5) is 0 Å². The van der Waals surface area contributed by atoms with Gasteiger partial charge in [-0.3, -0.25) is 0 Å². The molecular weight excluding hydrogens is 276 g/mol. The van der Waals surface area contributed by atoms with Crippen molar-refractivity contribution in [3.63, 3.8) is 0 Å². The van der Waals surface area contributed by atoms with E-state index in [0.717, 1.165) is 0 Å². The summed E-state index contributed by atoms with van der Waals surface area (Å²) in [5.41, 5.74) is 0. The Kier molecular flexibility index (Phi) is 8.42. The molecule has 0 radical (unpaired) electrons. The summed E-state index contributed by atoms with van der Waals surface area (Å²) in [6.07, 6.45) is -1.18. The van der Waals surface area contributed by atoms with Crippen LogP contribution in [-0.2, 0) is 14.3 Å². The standard InChI is InChI=1S/C15H22O6/c1-3-18-8-9-19-10-11-20-13-6-4-5-7-14(13)21-15(17)12(2)16/h4-7,12,16H,3,8-11H2,1-2H3. The van der Waals surface area contributed by atoms with Crippen LogP contribution in [0.15, 0.2) is 24.3 Å². The summed E-state index contributed by atoms with van der Waals surface area (Å²) in [4.78, 5) is 11.4. The number of aliphatic hydroxyl groups is 1. The largest absolute Gasteiger partial charge is 0.487 e. The van der Waals surface area contributed by atoms with Gasteiger partial charge in [-0.2, -0.15) is 0 Å². The van der Waals surface area contributed by atoms with Crippen LogP contribution in [0.3, 0.4) is 0 Å². The van der Waals surface area contributed by atoms with Gasteiger partial charge >= 0.3 is 5.97 Å². The van der Waals surface area contributed by atoms with Crippen LogP contribution >= 0.6 is 0 Å². The van der Waals surface area contributed by atoms with E-state index in [0.29, 0.717) is 38.8 Å². The molecule has 1 rings (SSSR count). The zero-order valence-corrected chi connectivity index (χ0v) is 12.4. The van der Waals surface area contributed by atoms with Crippen LogP contribution in [0, 0.1) is 0 Å². The zero-order valence-electron chi connectivity index (χ0n) is 12.4. The Hall–Kier alpha value is -1.63. The number of hydrogen-bond acceptors (Lipinski definition) is 6. The van der Waals surface area contributed by atoms with Crippen molar-refractivity contribution < 1.29 is 28.8 Å². The minimum absolute atomic E-state index is 0.276. The predicted molar refractivity (Wildman–Crippen MR) is 76.6 cm³/mol. The molecule has 118 valence electrons. The molecule has 1 atom stereocenters. The quantitative estimate of drug-likeness (QED) is 0.400. The zero-order chi connectivity index (χ0) is 15.5. The molecule has 1 aromatic carbocycles. The van der Waals surface area contributed by atoms with Crippen LogP contribution in [0.25, 0.3) is 0 Å². The van der Waals surface area contributed by atoms with Gasteiger partial charge in [0.1, 0.15) is 12.7 Å². The van der Waals surface area contributed by atoms with Gasteiger partial charge < -0.3 is 24.1 Å². The van der Waals surface area contributed by atoms with E-state index in [1.54, 1.807) is 24.3 Å². The van der Waals surface area contributed by atoms with Gasteiger partial charge in [-0.25, -0.2) is 4.79 Å². The SMILES string of the molecule is CCOCCOCCOc1ccccc1OC(=O)C(C)O. The van der Waals surface area contributed by atoms with Gasteiger partial charge in [-0.05, 0) is 26.0 Å². The molecular formula is C15H22O6. The summed E-state index contributed by atoms with van der Waals surface area (Å²) >= 11 is 0. The molecule has 1 N–H and O–H groups in total. The number of hydrogen-bond donors (Lipinski definition) is 1. The third-order valence-electron chi connectivity index (χ3n) is 2.46. The van der Waals surface area contributed by atoms with Gasteiger partial charge in [0, 0.05) is 6.61 Å². The van der Waals surface area contributed by atoms with Gasteiger partial charge in [0.2, 0.25) is 0 Å². The van der Waals surface area contributed by atoms with Crippen molar-refractivity contribution in [3.05, 3.63) is 24.3 Å². The first-order valence-electron chi connectivity index (χ1n) is 6.92. The lowest BCUT2D eigenvalue weighted by atomic mass is 10.3. The Morgan fingerprint density at radius 2 is 1.71 bits per heavy atom. The van der Waals surface area contributed by atoms with E-state index in [2.05, 4.69) is 0 Å². The first-order chi connectivity index (χ1) is 10.1. The second-order valence-electron chi connectivity index (χ2n) is 4.20. The van der Waals surface area contributed by atoms with Crippen LogP contribution < -0.4 is 9.47 Å². The third-order valence-corrected chi connectivity index (χ3v) is 2.46. The molecule has 0 aliphatic rings. The molecule has 0 spiro atoms. The number of para-hydroxylation sites is 2. The molecule has 0 heterocycles. The number of aliphatic hydroxyl groups excluding tert-OH is 1. The van der Waals surface area contributed by atoms with E-state index in [1.807, 2.05) is 6.92 Å². The van der Waals surface area contributed by atoms with E-state index < -0.39 is 12.1 Å². The highest BCUT2D eigenvalue weighted by Crippen LogP contribution is 2.26. The minimum atomic E-state index is -1.18. The predicted octanol–water partition coefficient (Wildman–Crippen LogP) is 1.40. The maximum absolute atomic E-state index is 11.4. The lowest BCUT2D eigenvalue weighted by Gasteiger charge is -2.12. The van der Waals surface area contributed by atoms with E-state index in [1.165, 1.54) is 6.92 Å². The fourth-order valence-electron chi connectivity index (χ4n) is 1.42. The first-order valence-corrected chi connectivity index (χ1v) is 6.92. The fourth-order valence-corrected chi connectivity index (χ4v) is 1.42. The Balaban J connectivity index is 2.36. The van der Waals surface area contributed by atoms with E-state index in [-0.39, 0.29) is 5.75 Å². The van der Waals surface area contributed by atoms with Crippen LogP contribution in [0.1, 0.15) is 13.8 Å². The molecule has 6 nitrogen and oxygen atoms in total. The summed E-state index contributed by atoms with van der Waals surface area (Å²) in [6, 6.07) is 6.78. The van der Waals surface area contributed by atoms with Crippen LogP contribution in [-0.4, -0.2) is 50.2 Å². The van der Waals surface area contributed by atoms with Crippen molar-refractivity contribution in [2.75, 3.05) is 33.0 Å². The second-order valence-corrected chi connectivity index (χ2v) is 4.20. The normalized spacial score (nSPS) is 12.0. The first kappa shape index (κ1) is 17.4. The molecule has 0 amide bonds. The molecule has 21 heavy (non-hydrogen) atoms. The molecule has 0 aliphatic carbocycles. The number of esters is 1. The monoisotopic (exact) mass is 298 g/mol. The summed E-state index contributed by atoms with van der Waals surface area (Å²) < 4.78 is 21.0. The Morgan fingerprint density at radius 3 is 2.38 bits per heavy atom. The van der Waals surface area contributed by atoms with Crippen molar-refractivity contribution in [1.82, 2.24) is 0 Å². The average Bonchev–Trinajstić information content (AvgIpc) is 2.47. The summed E-state index contributed by atoms with van der Waals surface area (Å²) in [5, 5.41) is 9.14. The fraction of sp³-hybridized carbons (Fsp3) is 0.533. The van der Waals surface area contributed by atoms with Crippen LogP contribution in [0.2, 0.25) is 0 Å². The number of benzene rings is 1. The highest BCUT2D eigenvalue weighted by atomic mass is 16.6. The lowest BCUT2D eigenvalue weighted by Crippen LogP contribution is -2.22. The Morgan fingerprint density at radius 1 is 1.10 bits per heavy atom. The Labute approximate surface area is 124 Å². The summed E-state index contributed by atoms with van der Waals surface area (Å²) in [7, 11) is 0. The number of rotatable bonds is 10. The third kappa shape index (κ3) is 7.08. The topological polar surface area (TPSA) is 74.2 Å². The maximum atomic E-state index is 11.4. The number of carbonyl (C=O) groups is 1. The van der Waals surface area contributed by atoms with Crippen molar-refractivity contribution >= 4 is 5.97 Å². The summed E-state index contributed by atoms with van der Waals surface area (Å²) in [5.74, 6) is -0.0170. The molecule has 0 saturated carbocycles. The maximum Gasteiger partial charge on any atom is 0.340 e. The molecule has 0 bridgehead atoms. The van der Waals surface area contributed by atoms with Gasteiger partial charge in [-0.15, -0.1) is 0 Å². The van der Waals surface area contributed by atoms with Crippen molar-refractivity contribution in [2.45, 2.75) is 20.0 Å². The number of ether oxygens (including phenoxy) is 4. The molecule has 0 aliphatic heterocycles. The van der Waals surface area contributed by atoms with Gasteiger partial charge in [0.25, 0.3) is 0 Å². The smallest absolute Gasteiger partial charge is 0.340 e. The van der Waals surface area contributed by atoms with E-state index in [4.69, 9.17) is 24.1 Å². The minimum Gasteiger partial charge on any atom is -0.487 e. The molecule has 1 aromatic rings. The van der Waals surface area contributed by atoms with Gasteiger partial charge in [0.05, 0.1) is 19.8 Å². The van der Waals surface area contributed by atoms with Crippen LogP contribution in [0.5, 0.6) is 11.5 Å². The van der Waals surface area contributed by atoms with Crippen molar-refractivity contribution in [1.29, 1.82) is 0 Å².